The number of methoxy groups -OCH3 is 1. The number of ether oxygens (including phenoxy) is 1. The summed E-state index contributed by atoms with van der Waals surface area (Å²) in [7, 11) is 1.45. The monoisotopic (exact) mass is 361 g/mol. The molecule has 0 aliphatic heterocycles. The minimum absolute atomic E-state index is 0.198. The lowest BCUT2D eigenvalue weighted by Crippen LogP contribution is -2.13. The molecule has 3 aromatic rings. The van der Waals surface area contributed by atoms with Crippen LogP contribution in [0, 0.1) is 0 Å². The zero-order valence-electron chi connectivity index (χ0n) is 13.6. The lowest BCUT2D eigenvalue weighted by molar-refractivity contribution is -0.140. The van der Waals surface area contributed by atoms with Crippen LogP contribution in [0.25, 0.3) is 11.1 Å². The Labute approximate surface area is 146 Å². The fourth-order valence-corrected chi connectivity index (χ4v) is 2.47. The van der Waals surface area contributed by atoms with E-state index >= 15 is 0 Å². The fourth-order valence-electron chi connectivity index (χ4n) is 2.47. The van der Waals surface area contributed by atoms with E-state index in [-0.39, 0.29) is 22.5 Å². The molecule has 0 bridgehead atoms. The zero-order valence-corrected chi connectivity index (χ0v) is 13.6. The molecule has 0 aliphatic carbocycles. The van der Waals surface area contributed by atoms with Crippen molar-refractivity contribution in [2.45, 2.75) is 6.18 Å². The molecule has 2 aromatic carbocycles. The van der Waals surface area contributed by atoms with Crippen LogP contribution in [0.3, 0.4) is 0 Å². The highest BCUT2D eigenvalue weighted by Gasteiger charge is 2.38. The number of benzene rings is 2. The van der Waals surface area contributed by atoms with Crippen molar-refractivity contribution in [1.29, 1.82) is 0 Å². The van der Waals surface area contributed by atoms with Crippen LogP contribution in [-0.4, -0.2) is 23.2 Å². The molecule has 134 valence electrons. The molecule has 3 rings (SSSR count). The highest BCUT2D eigenvalue weighted by atomic mass is 19.4. The lowest BCUT2D eigenvalue weighted by atomic mass is 10.0. The lowest BCUT2D eigenvalue weighted by Gasteiger charge is -2.10. The number of amides is 1. The van der Waals surface area contributed by atoms with Gasteiger partial charge in [-0.1, -0.05) is 36.4 Å². The number of nitrogens with zero attached hydrogens (tertiary/aromatic N) is 1. The normalized spacial score (nSPS) is 11.2. The number of aromatic nitrogens is 2. The third-order valence-corrected chi connectivity index (χ3v) is 3.68. The van der Waals surface area contributed by atoms with Gasteiger partial charge >= 0.3 is 6.18 Å². The maximum Gasteiger partial charge on any atom is 0.433 e. The molecule has 0 saturated heterocycles. The van der Waals surface area contributed by atoms with Gasteiger partial charge in [0.05, 0.1) is 12.7 Å². The molecule has 0 saturated carbocycles. The minimum Gasteiger partial charge on any atom is -0.497 e. The number of alkyl halides is 3. The van der Waals surface area contributed by atoms with Crippen molar-refractivity contribution >= 4 is 11.7 Å². The summed E-state index contributed by atoms with van der Waals surface area (Å²) in [4.78, 5) is 12.4. The van der Waals surface area contributed by atoms with E-state index < -0.39 is 17.8 Å². The van der Waals surface area contributed by atoms with E-state index in [1.807, 2.05) is 5.10 Å². The van der Waals surface area contributed by atoms with E-state index in [4.69, 9.17) is 4.74 Å². The Morgan fingerprint density at radius 2 is 1.85 bits per heavy atom. The van der Waals surface area contributed by atoms with E-state index in [0.29, 0.717) is 5.75 Å². The number of anilines is 1. The SMILES string of the molecule is COc1cccc(C(=O)Nc2n[nH]c(C(F)(F)F)c2-c2ccccc2)c1. The molecule has 0 aliphatic rings. The molecule has 5 nitrogen and oxygen atoms in total. The first-order valence-corrected chi connectivity index (χ1v) is 7.56. The van der Waals surface area contributed by atoms with Gasteiger partial charge < -0.3 is 10.1 Å². The highest BCUT2D eigenvalue weighted by Crippen LogP contribution is 2.39. The van der Waals surface area contributed by atoms with Gasteiger partial charge in [0.15, 0.2) is 5.82 Å². The Morgan fingerprint density at radius 3 is 2.50 bits per heavy atom. The molecule has 26 heavy (non-hydrogen) atoms. The first-order valence-electron chi connectivity index (χ1n) is 7.56. The van der Waals surface area contributed by atoms with Crippen molar-refractivity contribution in [3.8, 4) is 16.9 Å². The fraction of sp³-hybridized carbons (Fsp3) is 0.111. The second-order valence-electron chi connectivity index (χ2n) is 5.37. The number of nitrogens with one attached hydrogen (secondary N) is 2. The minimum atomic E-state index is -4.64. The second-order valence-corrected chi connectivity index (χ2v) is 5.37. The summed E-state index contributed by atoms with van der Waals surface area (Å²) in [6.07, 6.45) is -4.64. The topological polar surface area (TPSA) is 67.0 Å². The van der Waals surface area contributed by atoms with E-state index in [1.165, 1.54) is 31.4 Å². The Hall–Kier alpha value is -3.29. The van der Waals surface area contributed by atoms with Gasteiger partial charge in [0.2, 0.25) is 0 Å². The first kappa shape index (κ1) is 17.5. The average molecular weight is 361 g/mol. The van der Waals surface area contributed by atoms with Gasteiger partial charge in [0.25, 0.3) is 5.91 Å². The molecular formula is C18H14F3N3O2. The van der Waals surface area contributed by atoms with Crippen LogP contribution in [0.2, 0.25) is 0 Å². The number of carbonyl (C=O) groups excluding carboxylic acids is 1. The summed E-state index contributed by atoms with van der Waals surface area (Å²) in [5, 5.41) is 8.07. The van der Waals surface area contributed by atoms with Crippen LogP contribution in [0.4, 0.5) is 19.0 Å². The second kappa shape index (κ2) is 6.91. The molecule has 1 heterocycles. The summed E-state index contributed by atoms with van der Waals surface area (Å²) < 4.78 is 45.0. The van der Waals surface area contributed by atoms with Crippen molar-refractivity contribution in [1.82, 2.24) is 10.2 Å². The summed E-state index contributed by atoms with van der Waals surface area (Å²) in [5.74, 6) is -0.336. The van der Waals surface area contributed by atoms with E-state index in [0.717, 1.165) is 0 Å². The maximum absolute atomic E-state index is 13.3. The highest BCUT2D eigenvalue weighted by molar-refractivity contribution is 6.06. The third kappa shape index (κ3) is 3.53. The van der Waals surface area contributed by atoms with Gasteiger partial charge in [-0.15, -0.1) is 0 Å². The molecule has 0 spiro atoms. The number of rotatable bonds is 4. The Morgan fingerprint density at radius 1 is 1.12 bits per heavy atom. The quantitative estimate of drug-likeness (QED) is 0.726. The van der Waals surface area contributed by atoms with E-state index in [1.54, 1.807) is 30.3 Å². The van der Waals surface area contributed by atoms with E-state index in [9.17, 15) is 18.0 Å². The predicted octanol–water partition coefficient (Wildman–Crippen LogP) is 4.36. The van der Waals surface area contributed by atoms with Gasteiger partial charge in [-0.2, -0.15) is 18.3 Å². The zero-order chi connectivity index (χ0) is 18.7. The van der Waals surface area contributed by atoms with Crippen LogP contribution in [-0.2, 0) is 6.18 Å². The number of H-pyrrole nitrogens is 1. The summed E-state index contributed by atoms with van der Waals surface area (Å²) >= 11 is 0. The molecule has 8 heteroatoms. The third-order valence-electron chi connectivity index (χ3n) is 3.68. The molecule has 1 amide bonds. The Bertz CT molecular complexity index is 921. The maximum atomic E-state index is 13.3. The largest absolute Gasteiger partial charge is 0.497 e. The van der Waals surface area contributed by atoms with Crippen molar-refractivity contribution in [2.75, 3.05) is 12.4 Å². The van der Waals surface area contributed by atoms with Crippen LogP contribution < -0.4 is 10.1 Å². The number of hydrogen-bond donors (Lipinski definition) is 2. The van der Waals surface area contributed by atoms with Crippen molar-refractivity contribution in [3.63, 3.8) is 0 Å². The van der Waals surface area contributed by atoms with E-state index in [2.05, 4.69) is 10.4 Å². The molecule has 1 aromatic heterocycles. The molecule has 0 fully saturated rings. The van der Waals surface area contributed by atoms with Crippen LogP contribution >= 0.6 is 0 Å². The van der Waals surface area contributed by atoms with Crippen LogP contribution in [0.15, 0.2) is 54.6 Å². The molecule has 0 unspecified atom stereocenters. The summed E-state index contributed by atoms with van der Waals surface area (Å²) in [6, 6.07) is 14.2. The van der Waals surface area contributed by atoms with Gasteiger partial charge in [0.1, 0.15) is 11.4 Å². The molecule has 0 atom stereocenters. The number of aromatic amines is 1. The predicted molar refractivity (Wildman–Crippen MR) is 90.0 cm³/mol. The molecule has 0 radical (unpaired) electrons. The smallest absolute Gasteiger partial charge is 0.433 e. The van der Waals surface area contributed by atoms with Gasteiger partial charge in [-0.25, -0.2) is 0 Å². The molecular weight excluding hydrogens is 347 g/mol. The van der Waals surface area contributed by atoms with Crippen LogP contribution in [0.5, 0.6) is 5.75 Å². The number of halogens is 3. The van der Waals surface area contributed by atoms with Crippen molar-refractivity contribution in [2.24, 2.45) is 0 Å². The number of hydrogen-bond acceptors (Lipinski definition) is 3. The van der Waals surface area contributed by atoms with Gasteiger partial charge in [0, 0.05) is 5.56 Å². The van der Waals surface area contributed by atoms with Crippen LogP contribution in [0.1, 0.15) is 16.1 Å². The Balaban J connectivity index is 2.00. The molecule has 2 N–H and O–H groups in total. The summed E-state index contributed by atoms with van der Waals surface area (Å²) in [5.41, 5.74) is -0.714. The summed E-state index contributed by atoms with van der Waals surface area (Å²) in [6.45, 7) is 0. The van der Waals surface area contributed by atoms with Crippen molar-refractivity contribution in [3.05, 3.63) is 65.9 Å². The number of carbonyl (C=O) groups is 1. The van der Waals surface area contributed by atoms with Crippen molar-refractivity contribution < 1.29 is 22.7 Å². The first-order chi connectivity index (χ1) is 12.4. The Kier molecular flexibility index (Phi) is 4.66. The average Bonchev–Trinajstić information content (AvgIpc) is 3.06. The van der Waals surface area contributed by atoms with Gasteiger partial charge in [-0.05, 0) is 23.8 Å². The van der Waals surface area contributed by atoms with Gasteiger partial charge in [-0.3, -0.25) is 9.89 Å². The standard InChI is InChI=1S/C18H14F3N3O2/c1-26-13-9-5-8-12(10-13)17(25)22-16-14(11-6-3-2-4-7-11)15(23-24-16)18(19,20)21/h2-10H,1H3,(H2,22,23,24,25).